The van der Waals surface area contributed by atoms with Gasteiger partial charge in [0, 0.05) is 24.2 Å². The zero-order valence-electron chi connectivity index (χ0n) is 15.2. The molecule has 146 valence electrons. The first kappa shape index (κ1) is 20.1. The van der Waals surface area contributed by atoms with Gasteiger partial charge < -0.3 is 9.64 Å². The van der Waals surface area contributed by atoms with Crippen molar-refractivity contribution in [1.82, 2.24) is 25.1 Å². The maximum Gasteiger partial charge on any atom is 0.233 e. The number of carbonyl (C=O) groups excluding carboxylic acids is 1. The van der Waals surface area contributed by atoms with Gasteiger partial charge in [-0.15, -0.1) is 5.10 Å². The molecule has 0 saturated heterocycles. The van der Waals surface area contributed by atoms with E-state index in [4.69, 9.17) is 16.3 Å². The molecule has 7 nitrogen and oxygen atoms in total. The summed E-state index contributed by atoms with van der Waals surface area (Å²) in [6, 6.07) is 11.6. The summed E-state index contributed by atoms with van der Waals surface area (Å²) in [6.45, 7) is 0.0777. The number of benzene rings is 2. The molecular formula is C18H17ClFN5O2S. The lowest BCUT2D eigenvalue weighted by Crippen LogP contribution is -2.28. The molecule has 3 rings (SSSR count). The molecule has 1 aromatic heterocycles. The highest BCUT2D eigenvalue weighted by Gasteiger charge is 2.17. The zero-order valence-corrected chi connectivity index (χ0v) is 16.7. The molecule has 0 spiro atoms. The topological polar surface area (TPSA) is 73.1 Å². The molecule has 0 saturated carbocycles. The van der Waals surface area contributed by atoms with E-state index in [0.29, 0.717) is 5.16 Å². The van der Waals surface area contributed by atoms with Gasteiger partial charge in [0.1, 0.15) is 11.6 Å². The quantitative estimate of drug-likeness (QED) is 0.545. The molecule has 2 aromatic carbocycles. The van der Waals surface area contributed by atoms with Gasteiger partial charge in [-0.1, -0.05) is 29.4 Å². The van der Waals surface area contributed by atoms with E-state index in [2.05, 4.69) is 15.5 Å². The number of hydrogen-bond acceptors (Lipinski definition) is 6. The standard InChI is InChI=1S/C18H17ClFN5O2S/c1-24(10-14-15(19)4-3-5-16(14)20)17(26)11-28-18-21-22-23-25(18)12-6-8-13(27-2)9-7-12/h3-9H,10-11H2,1-2H3. The summed E-state index contributed by atoms with van der Waals surface area (Å²) in [7, 11) is 3.18. The Labute approximate surface area is 170 Å². The largest absolute Gasteiger partial charge is 0.497 e. The van der Waals surface area contributed by atoms with Gasteiger partial charge in [0.15, 0.2) is 0 Å². The van der Waals surface area contributed by atoms with Crippen LogP contribution in [0.15, 0.2) is 47.6 Å². The van der Waals surface area contributed by atoms with Gasteiger partial charge in [0.2, 0.25) is 11.1 Å². The van der Waals surface area contributed by atoms with Crippen molar-refractivity contribution in [3.8, 4) is 11.4 Å². The molecule has 0 fully saturated rings. The van der Waals surface area contributed by atoms with Crippen LogP contribution in [0.5, 0.6) is 5.75 Å². The minimum absolute atomic E-state index is 0.0777. The first-order chi connectivity index (χ1) is 13.5. The second kappa shape index (κ2) is 9.03. The summed E-state index contributed by atoms with van der Waals surface area (Å²) in [5.74, 6) is 0.172. The predicted octanol–water partition coefficient (Wildman–Crippen LogP) is 3.21. The van der Waals surface area contributed by atoms with Crippen molar-refractivity contribution < 1.29 is 13.9 Å². The fourth-order valence-electron chi connectivity index (χ4n) is 2.40. The lowest BCUT2D eigenvalue weighted by Gasteiger charge is -2.18. The van der Waals surface area contributed by atoms with E-state index in [9.17, 15) is 9.18 Å². The number of tetrazole rings is 1. The summed E-state index contributed by atoms with van der Waals surface area (Å²) in [5.41, 5.74) is 1.03. The van der Waals surface area contributed by atoms with Crippen molar-refractivity contribution in [3.05, 3.63) is 58.9 Å². The van der Waals surface area contributed by atoms with Crippen LogP contribution in [0, 0.1) is 5.82 Å². The Morgan fingerprint density at radius 3 is 2.71 bits per heavy atom. The van der Waals surface area contributed by atoms with Crippen LogP contribution in [0.1, 0.15) is 5.56 Å². The van der Waals surface area contributed by atoms with Gasteiger partial charge in [0.25, 0.3) is 0 Å². The number of carbonyl (C=O) groups is 1. The van der Waals surface area contributed by atoms with Crippen LogP contribution in [-0.4, -0.2) is 50.9 Å². The number of aromatic nitrogens is 4. The van der Waals surface area contributed by atoms with Gasteiger partial charge in [-0.25, -0.2) is 4.39 Å². The lowest BCUT2D eigenvalue weighted by molar-refractivity contribution is -0.127. The Hall–Kier alpha value is -2.65. The molecule has 3 aromatic rings. The molecule has 0 aliphatic rings. The third-order valence-electron chi connectivity index (χ3n) is 3.97. The Balaban J connectivity index is 1.64. The molecular weight excluding hydrogens is 405 g/mol. The Bertz CT molecular complexity index is 947. The van der Waals surface area contributed by atoms with Crippen molar-refractivity contribution in [3.63, 3.8) is 0 Å². The summed E-state index contributed by atoms with van der Waals surface area (Å²) in [4.78, 5) is 13.9. The summed E-state index contributed by atoms with van der Waals surface area (Å²) in [5, 5.41) is 12.3. The van der Waals surface area contributed by atoms with E-state index >= 15 is 0 Å². The molecule has 28 heavy (non-hydrogen) atoms. The molecule has 1 heterocycles. The van der Waals surface area contributed by atoms with E-state index in [0.717, 1.165) is 11.4 Å². The number of methoxy groups -OCH3 is 1. The second-order valence-corrected chi connectivity index (χ2v) is 7.16. The fourth-order valence-corrected chi connectivity index (χ4v) is 3.45. The molecule has 0 unspecified atom stereocenters. The Morgan fingerprint density at radius 2 is 2.04 bits per heavy atom. The van der Waals surface area contributed by atoms with Crippen LogP contribution >= 0.6 is 23.4 Å². The van der Waals surface area contributed by atoms with Crippen molar-refractivity contribution in [2.75, 3.05) is 19.9 Å². The van der Waals surface area contributed by atoms with Crippen LogP contribution in [0.2, 0.25) is 5.02 Å². The summed E-state index contributed by atoms with van der Waals surface area (Å²) >= 11 is 7.22. The van der Waals surface area contributed by atoms with Crippen LogP contribution < -0.4 is 4.74 Å². The third-order valence-corrected chi connectivity index (χ3v) is 5.22. The number of ether oxygens (including phenoxy) is 1. The van der Waals surface area contributed by atoms with E-state index in [1.165, 1.54) is 33.5 Å². The maximum atomic E-state index is 13.9. The highest BCUT2D eigenvalue weighted by molar-refractivity contribution is 7.99. The van der Waals surface area contributed by atoms with Gasteiger partial charge in [0.05, 0.1) is 18.6 Å². The van der Waals surface area contributed by atoms with Crippen LogP contribution in [0.4, 0.5) is 4.39 Å². The van der Waals surface area contributed by atoms with E-state index in [1.807, 2.05) is 12.1 Å². The summed E-state index contributed by atoms with van der Waals surface area (Å²) < 4.78 is 20.6. The molecule has 0 N–H and O–H groups in total. The van der Waals surface area contributed by atoms with E-state index in [-0.39, 0.29) is 28.8 Å². The molecule has 0 aliphatic heterocycles. The first-order valence-corrected chi connectivity index (χ1v) is 9.58. The number of nitrogens with zero attached hydrogens (tertiary/aromatic N) is 5. The van der Waals surface area contributed by atoms with Crippen molar-refractivity contribution in [2.24, 2.45) is 0 Å². The van der Waals surface area contributed by atoms with Gasteiger partial charge in [-0.05, 0) is 46.8 Å². The SMILES string of the molecule is COc1ccc(-n2nnnc2SCC(=O)N(C)Cc2c(F)cccc2Cl)cc1. The van der Waals surface area contributed by atoms with E-state index in [1.54, 1.807) is 32.4 Å². The van der Waals surface area contributed by atoms with E-state index < -0.39 is 5.82 Å². The molecule has 1 amide bonds. The number of rotatable bonds is 7. The van der Waals surface area contributed by atoms with Gasteiger partial charge >= 0.3 is 0 Å². The second-order valence-electron chi connectivity index (χ2n) is 5.81. The normalized spacial score (nSPS) is 10.7. The van der Waals surface area contributed by atoms with Crippen LogP contribution in [-0.2, 0) is 11.3 Å². The molecule has 0 bridgehead atoms. The molecule has 0 aliphatic carbocycles. The minimum Gasteiger partial charge on any atom is -0.497 e. The highest BCUT2D eigenvalue weighted by Crippen LogP contribution is 2.23. The molecule has 0 atom stereocenters. The third kappa shape index (κ3) is 4.60. The number of amides is 1. The Kier molecular flexibility index (Phi) is 6.48. The minimum atomic E-state index is -0.441. The van der Waals surface area contributed by atoms with Crippen molar-refractivity contribution in [2.45, 2.75) is 11.7 Å². The fraction of sp³-hybridized carbons (Fsp3) is 0.222. The zero-order chi connectivity index (χ0) is 20.1. The lowest BCUT2D eigenvalue weighted by atomic mass is 10.2. The average Bonchev–Trinajstić information content (AvgIpc) is 3.17. The number of hydrogen-bond donors (Lipinski definition) is 0. The molecule has 0 radical (unpaired) electrons. The van der Waals surface area contributed by atoms with Crippen LogP contribution in [0.25, 0.3) is 5.69 Å². The smallest absolute Gasteiger partial charge is 0.233 e. The molecule has 10 heteroatoms. The van der Waals surface area contributed by atoms with Crippen LogP contribution in [0.3, 0.4) is 0 Å². The Morgan fingerprint density at radius 1 is 1.29 bits per heavy atom. The number of halogens is 2. The first-order valence-electron chi connectivity index (χ1n) is 8.22. The summed E-state index contributed by atoms with van der Waals surface area (Å²) in [6.07, 6.45) is 0. The van der Waals surface area contributed by atoms with Gasteiger partial charge in [-0.2, -0.15) is 4.68 Å². The van der Waals surface area contributed by atoms with Crippen molar-refractivity contribution in [1.29, 1.82) is 0 Å². The monoisotopic (exact) mass is 421 g/mol. The number of thioether (sulfide) groups is 1. The maximum absolute atomic E-state index is 13.9. The van der Waals surface area contributed by atoms with Gasteiger partial charge in [-0.3, -0.25) is 4.79 Å². The highest BCUT2D eigenvalue weighted by atomic mass is 35.5. The van der Waals surface area contributed by atoms with Crippen molar-refractivity contribution >= 4 is 29.3 Å². The average molecular weight is 422 g/mol. The predicted molar refractivity (Wildman–Crippen MR) is 104 cm³/mol.